The van der Waals surface area contributed by atoms with Crippen molar-refractivity contribution >= 4 is 23.4 Å². The molecule has 11 heteroatoms. The van der Waals surface area contributed by atoms with Gasteiger partial charge in [0.05, 0.1) is 52.4 Å². The molecular formula is C26H38N4O7. The summed E-state index contributed by atoms with van der Waals surface area (Å²) in [6, 6.07) is 4.89. The third-order valence-corrected chi connectivity index (χ3v) is 6.76. The summed E-state index contributed by atoms with van der Waals surface area (Å²) in [6.07, 6.45) is 3.07. The van der Waals surface area contributed by atoms with Crippen molar-refractivity contribution in [2.24, 2.45) is 0 Å². The maximum Gasteiger partial charge on any atom is 0.255 e. The van der Waals surface area contributed by atoms with Gasteiger partial charge in [-0.15, -0.1) is 0 Å². The molecule has 3 amide bonds. The molecule has 1 aromatic carbocycles. The summed E-state index contributed by atoms with van der Waals surface area (Å²) in [5.41, 5.74) is 2.30. The van der Waals surface area contributed by atoms with Gasteiger partial charge in [0, 0.05) is 36.3 Å². The Kier molecular flexibility index (Phi) is 10.7. The van der Waals surface area contributed by atoms with Crippen molar-refractivity contribution in [3.63, 3.8) is 0 Å². The van der Waals surface area contributed by atoms with Crippen LogP contribution in [0.5, 0.6) is 0 Å². The van der Waals surface area contributed by atoms with Gasteiger partial charge in [-0.25, -0.2) is 0 Å². The zero-order valence-electron chi connectivity index (χ0n) is 21.3. The van der Waals surface area contributed by atoms with Crippen molar-refractivity contribution in [1.82, 2.24) is 15.5 Å². The molecule has 0 saturated carbocycles. The standard InChI is InChI=1S/C26H38N4O7/c31-24-5-4-23(25(32)29-24)30-18-21-20(26(30)33)2-1-3-22(21)28-10-11-34-12-13-35-14-15-36-16-17-37-19-6-8-27-9-7-19/h1-3,19,23,27-28H,4-18H2,(H,29,31,32). The van der Waals surface area contributed by atoms with E-state index >= 15 is 0 Å². The van der Waals surface area contributed by atoms with Crippen LogP contribution in [-0.2, 0) is 35.1 Å². The molecule has 3 aliphatic rings. The Balaban J connectivity index is 1.04. The van der Waals surface area contributed by atoms with Gasteiger partial charge in [0.1, 0.15) is 6.04 Å². The van der Waals surface area contributed by atoms with Gasteiger partial charge in [-0.2, -0.15) is 0 Å². The highest BCUT2D eigenvalue weighted by Gasteiger charge is 2.39. The molecule has 0 bridgehead atoms. The summed E-state index contributed by atoms with van der Waals surface area (Å²) < 4.78 is 22.5. The maximum atomic E-state index is 12.9. The quantitative estimate of drug-likeness (QED) is 0.227. The lowest BCUT2D eigenvalue weighted by molar-refractivity contribution is -0.136. The minimum Gasteiger partial charge on any atom is -0.382 e. The number of carbonyl (C=O) groups is 3. The lowest BCUT2D eigenvalue weighted by Crippen LogP contribution is -2.52. The van der Waals surface area contributed by atoms with E-state index in [9.17, 15) is 14.4 Å². The van der Waals surface area contributed by atoms with E-state index in [0.29, 0.717) is 77.4 Å². The molecule has 11 nitrogen and oxygen atoms in total. The Hall–Kier alpha value is -2.57. The number of hydrogen-bond donors (Lipinski definition) is 3. The molecule has 37 heavy (non-hydrogen) atoms. The summed E-state index contributed by atoms with van der Waals surface area (Å²) in [7, 11) is 0. The largest absolute Gasteiger partial charge is 0.382 e. The number of anilines is 1. The molecule has 1 aromatic rings. The molecule has 3 aliphatic heterocycles. The van der Waals surface area contributed by atoms with E-state index in [1.54, 1.807) is 11.0 Å². The van der Waals surface area contributed by atoms with E-state index in [1.807, 2.05) is 12.1 Å². The number of nitrogens with one attached hydrogen (secondary N) is 3. The van der Waals surface area contributed by atoms with Gasteiger partial charge in [-0.05, 0) is 44.5 Å². The molecule has 204 valence electrons. The first-order valence-electron chi connectivity index (χ1n) is 13.2. The van der Waals surface area contributed by atoms with Gasteiger partial charge in [0.15, 0.2) is 0 Å². The van der Waals surface area contributed by atoms with Gasteiger partial charge in [0.25, 0.3) is 5.91 Å². The monoisotopic (exact) mass is 518 g/mol. The topological polar surface area (TPSA) is 127 Å². The van der Waals surface area contributed by atoms with Gasteiger partial charge in [0.2, 0.25) is 11.8 Å². The number of hydrogen-bond acceptors (Lipinski definition) is 9. The molecule has 2 fully saturated rings. The van der Waals surface area contributed by atoms with Crippen molar-refractivity contribution in [2.75, 3.05) is 71.2 Å². The fourth-order valence-electron chi connectivity index (χ4n) is 4.79. The molecule has 0 aliphatic carbocycles. The fourth-order valence-corrected chi connectivity index (χ4v) is 4.79. The van der Waals surface area contributed by atoms with E-state index in [0.717, 1.165) is 37.2 Å². The molecule has 3 heterocycles. The van der Waals surface area contributed by atoms with Crippen LogP contribution in [0.15, 0.2) is 18.2 Å². The summed E-state index contributed by atoms with van der Waals surface area (Å²) in [6.45, 7) is 6.67. The van der Waals surface area contributed by atoms with Crippen LogP contribution < -0.4 is 16.0 Å². The predicted octanol–water partition coefficient (Wildman–Crippen LogP) is 0.678. The summed E-state index contributed by atoms with van der Waals surface area (Å²) >= 11 is 0. The number of piperidine rings is 2. The van der Waals surface area contributed by atoms with Crippen LogP contribution in [0, 0.1) is 0 Å². The average Bonchev–Trinajstić information content (AvgIpc) is 3.24. The number of carbonyl (C=O) groups excluding carboxylic acids is 3. The number of fused-ring (bicyclic) bond motifs is 1. The van der Waals surface area contributed by atoms with Gasteiger partial charge in [-0.1, -0.05) is 6.07 Å². The first kappa shape index (κ1) is 27.5. The van der Waals surface area contributed by atoms with Crippen molar-refractivity contribution in [3.8, 4) is 0 Å². The minimum atomic E-state index is -0.619. The van der Waals surface area contributed by atoms with Crippen LogP contribution in [0.3, 0.4) is 0 Å². The molecule has 0 aromatic heterocycles. The first-order valence-corrected chi connectivity index (χ1v) is 13.2. The summed E-state index contributed by atoms with van der Waals surface area (Å²) in [4.78, 5) is 38.1. The van der Waals surface area contributed by atoms with E-state index in [2.05, 4.69) is 16.0 Å². The number of rotatable bonds is 15. The lowest BCUT2D eigenvalue weighted by atomic mass is 10.0. The van der Waals surface area contributed by atoms with Crippen LogP contribution in [0.25, 0.3) is 0 Å². The van der Waals surface area contributed by atoms with Crippen LogP contribution in [0.1, 0.15) is 41.6 Å². The van der Waals surface area contributed by atoms with Crippen molar-refractivity contribution in [3.05, 3.63) is 29.3 Å². The van der Waals surface area contributed by atoms with Gasteiger partial charge in [-0.3, -0.25) is 19.7 Å². The molecule has 0 radical (unpaired) electrons. The third-order valence-electron chi connectivity index (χ3n) is 6.76. The van der Waals surface area contributed by atoms with Crippen molar-refractivity contribution in [1.29, 1.82) is 0 Å². The van der Waals surface area contributed by atoms with Crippen LogP contribution in [0.4, 0.5) is 5.69 Å². The number of benzene rings is 1. The zero-order chi connectivity index (χ0) is 25.9. The van der Waals surface area contributed by atoms with Crippen LogP contribution in [0.2, 0.25) is 0 Å². The molecule has 0 spiro atoms. The van der Waals surface area contributed by atoms with Crippen molar-refractivity contribution in [2.45, 2.75) is 44.4 Å². The highest BCUT2D eigenvalue weighted by Crippen LogP contribution is 2.32. The molecule has 4 rings (SSSR count). The predicted molar refractivity (Wildman–Crippen MR) is 135 cm³/mol. The normalized spacial score (nSPS) is 20.3. The number of imide groups is 1. The van der Waals surface area contributed by atoms with Crippen LogP contribution >= 0.6 is 0 Å². The minimum absolute atomic E-state index is 0.181. The summed E-state index contributed by atoms with van der Waals surface area (Å²) in [5, 5.41) is 8.98. The van der Waals surface area contributed by atoms with E-state index in [1.165, 1.54) is 0 Å². The Morgan fingerprint density at radius 3 is 2.32 bits per heavy atom. The molecule has 1 unspecified atom stereocenters. The smallest absolute Gasteiger partial charge is 0.255 e. The molecule has 3 N–H and O–H groups in total. The highest BCUT2D eigenvalue weighted by molar-refractivity contribution is 6.06. The second kappa shape index (κ2) is 14.4. The molecule has 2 saturated heterocycles. The maximum absolute atomic E-state index is 12.9. The Morgan fingerprint density at radius 2 is 1.59 bits per heavy atom. The highest BCUT2D eigenvalue weighted by atomic mass is 16.6. The number of amides is 3. The molecule has 1 atom stereocenters. The van der Waals surface area contributed by atoms with E-state index in [4.69, 9.17) is 18.9 Å². The van der Waals surface area contributed by atoms with Gasteiger partial charge >= 0.3 is 0 Å². The Morgan fingerprint density at radius 1 is 0.892 bits per heavy atom. The second-order valence-corrected chi connectivity index (χ2v) is 9.32. The Bertz CT molecular complexity index is 922. The van der Waals surface area contributed by atoms with E-state index in [-0.39, 0.29) is 18.2 Å². The number of ether oxygens (including phenoxy) is 4. The summed E-state index contributed by atoms with van der Waals surface area (Å²) in [5.74, 6) is -0.879. The molecular weight excluding hydrogens is 480 g/mol. The fraction of sp³-hybridized carbons (Fsp3) is 0.654. The van der Waals surface area contributed by atoms with E-state index < -0.39 is 11.9 Å². The number of nitrogens with zero attached hydrogens (tertiary/aromatic N) is 1. The van der Waals surface area contributed by atoms with Crippen LogP contribution in [-0.4, -0.2) is 101 Å². The van der Waals surface area contributed by atoms with Crippen molar-refractivity contribution < 1.29 is 33.3 Å². The zero-order valence-corrected chi connectivity index (χ0v) is 21.3. The first-order chi connectivity index (χ1) is 18.1. The lowest BCUT2D eigenvalue weighted by Gasteiger charge is -2.29. The SMILES string of the molecule is O=C1CCC(N2Cc3c(NCCOCCOCCOCCOC4CCNCC4)cccc3C2=O)C(=O)N1. The second-order valence-electron chi connectivity index (χ2n) is 9.32. The van der Waals surface area contributed by atoms with Gasteiger partial charge < -0.3 is 34.5 Å². The average molecular weight is 519 g/mol. The third kappa shape index (κ3) is 7.96. The Labute approximate surface area is 217 Å².